The Morgan fingerprint density at radius 1 is 1.46 bits per heavy atom. The van der Waals surface area contributed by atoms with E-state index in [0.717, 1.165) is 0 Å². The Morgan fingerprint density at radius 2 is 2.15 bits per heavy atom. The van der Waals surface area contributed by atoms with Crippen molar-refractivity contribution in [3.05, 3.63) is 0 Å². The number of halogens is 1. The molecule has 76 valence electrons. The van der Waals surface area contributed by atoms with Crippen molar-refractivity contribution in [1.82, 2.24) is 0 Å². The molecular formula is C8H13FO3S. The standard InChI is InChI=1S/C8H13FO3S/c9-4-1-2-8(6-10)3-5-13(11,12)7-8/h6H,1-5,7H2. The van der Waals surface area contributed by atoms with E-state index < -0.39 is 21.9 Å². The summed E-state index contributed by atoms with van der Waals surface area (Å²) in [6.07, 6.45) is 1.67. The molecule has 0 N–H and O–H groups in total. The first kappa shape index (κ1) is 10.6. The molecule has 1 fully saturated rings. The first-order valence-electron chi connectivity index (χ1n) is 4.26. The number of alkyl halides is 1. The van der Waals surface area contributed by atoms with Crippen LogP contribution in [-0.2, 0) is 14.6 Å². The Morgan fingerprint density at radius 3 is 2.54 bits per heavy atom. The van der Waals surface area contributed by atoms with Gasteiger partial charge in [0.15, 0.2) is 9.84 Å². The van der Waals surface area contributed by atoms with Gasteiger partial charge in [-0.05, 0) is 19.3 Å². The van der Waals surface area contributed by atoms with E-state index in [-0.39, 0.29) is 17.9 Å². The molecule has 0 aliphatic carbocycles. The maximum absolute atomic E-state index is 11.9. The second-order valence-corrected chi connectivity index (χ2v) is 5.80. The summed E-state index contributed by atoms with van der Waals surface area (Å²) < 4.78 is 34.1. The van der Waals surface area contributed by atoms with Crippen LogP contribution in [0.3, 0.4) is 0 Å². The maximum atomic E-state index is 11.9. The highest BCUT2D eigenvalue weighted by atomic mass is 32.2. The summed E-state index contributed by atoms with van der Waals surface area (Å²) in [5, 5.41) is 0. The van der Waals surface area contributed by atoms with Crippen LogP contribution in [0.1, 0.15) is 19.3 Å². The van der Waals surface area contributed by atoms with Gasteiger partial charge in [0.2, 0.25) is 0 Å². The van der Waals surface area contributed by atoms with E-state index >= 15 is 0 Å². The lowest BCUT2D eigenvalue weighted by atomic mass is 9.85. The van der Waals surface area contributed by atoms with Gasteiger partial charge in [0.1, 0.15) is 6.29 Å². The van der Waals surface area contributed by atoms with Crippen molar-refractivity contribution >= 4 is 16.1 Å². The Hall–Kier alpha value is -0.450. The molecule has 0 aromatic carbocycles. The molecule has 0 radical (unpaired) electrons. The third kappa shape index (κ3) is 2.49. The fraction of sp³-hybridized carbons (Fsp3) is 0.875. The minimum atomic E-state index is -3.05. The van der Waals surface area contributed by atoms with E-state index in [1.807, 2.05) is 0 Å². The third-order valence-electron chi connectivity index (χ3n) is 2.48. The van der Waals surface area contributed by atoms with E-state index in [1.54, 1.807) is 0 Å². The molecule has 0 amide bonds. The van der Waals surface area contributed by atoms with E-state index in [2.05, 4.69) is 0 Å². The number of hydrogen-bond acceptors (Lipinski definition) is 3. The van der Waals surface area contributed by atoms with Gasteiger partial charge < -0.3 is 4.79 Å². The number of carbonyl (C=O) groups is 1. The van der Waals surface area contributed by atoms with Crippen LogP contribution < -0.4 is 0 Å². The van der Waals surface area contributed by atoms with E-state index in [1.165, 1.54) is 0 Å². The lowest BCUT2D eigenvalue weighted by Gasteiger charge is -2.18. The van der Waals surface area contributed by atoms with Gasteiger partial charge in [-0.1, -0.05) is 0 Å². The largest absolute Gasteiger partial charge is 0.303 e. The van der Waals surface area contributed by atoms with Gasteiger partial charge in [-0.2, -0.15) is 0 Å². The molecule has 0 aromatic heterocycles. The first-order chi connectivity index (χ1) is 6.04. The van der Waals surface area contributed by atoms with Crippen LogP contribution >= 0.6 is 0 Å². The van der Waals surface area contributed by atoms with Crippen LogP contribution in [0.15, 0.2) is 0 Å². The highest BCUT2D eigenvalue weighted by Gasteiger charge is 2.41. The van der Waals surface area contributed by atoms with Crippen LogP contribution in [0.5, 0.6) is 0 Å². The summed E-state index contributed by atoms with van der Waals surface area (Å²) in [6, 6.07) is 0. The fourth-order valence-electron chi connectivity index (χ4n) is 1.71. The minimum absolute atomic E-state index is 0.0675. The summed E-state index contributed by atoms with van der Waals surface area (Å²) in [6.45, 7) is -0.490. The Bertz CT molecular complexity index is 286. The molecule has 0 spiro atoms. The minimum Gasteiger partial charge on any atom is -0.303 e. The highest BCUT2D eigenvalue weighted by molar-refractivity contribution is 7.91. The van der Waals surface area contributed by atoms with Gasteiger partial charge in [0.25, 0.3) is 0 Å². The Labute approximate surface area is 77.2 Å². The molecule has 1 atom stereocenters. The molecular weight excluding hydrogens is 195 g/mol. The molecule has 1 heterocycles. The molecule has 0 bridgehead atoms. The molecule has 5 heteroatoms. The zero-order chi connectivity index (χ0) is 9.95. The van der Waals surface area contributed by atoms with Crippen LogP contribution in [0, 0.1) is 5.41 Å². The van der Waals surface area contributed by atoms with Gasteiger partial charge >= 0.3 is 0 Å². The first-order valence-corrected chi connectivity index (χ1v) is 6.08. The summed E-state index contributed by atoms with van der Waals surface area (Å²) in [5.74, 6) is -0.0263. The number of hydrogen-bond donors (Lipinski definition) is 0. The summed E-state index contributed by atoms with van der Waals surface area (Å²) in [5.41, 5.74) is -0.787. The predicted molar refractivity (Wildman–Crippen MR) is 47.0 cm³/mol. The van der Waals surface area contributed by atoms with Crippen LogP contribution in [-0.4, -0.2) is 32.9 Å². The summed E-state index contributed by atoms with van der Waals surface area (Å²) in [4.78, 5) is 10.7. The van der Waals surface area contributed by atoms with Crippen molar-refractivity contribution in [2.24, 2.45) is 5.41 Å². The SMILES string of the molecule is O=CC1(CCCF)CCS(=O)(=O)C1. The molecule has 13 heavy (non-hydrogen) atoms. The average molecular weight is 208 g/mol. The Balaban J connectivity index is 2.68. The van der Waals surface area contributed by atoms with Crippen LogP contribution in [0.4, 0.5) is 4.39 Å². The number of carbonyl (C=O) groups excluding carboxylic acids is 1. The Kier molecular flexibility index (Phi) is 3.05. The maximum Gasteiger partial charge on any atom is 0.151 e. The molecule has 3 nitrogen and oxygen atoms in total. The zero-order valence-electron chi connectivity index (χ0n) is 7.33. The van der Waals surface area contributed by atoms with Gasteiger partial charge in [-0.3, -0.25) is 4.39 Å². The van der Waals surface area contributed by atoms with Gasteiger partial charge in [0, 0.05) is 5.41 Å². The van der Waals surface area contributed by atoms with Crippen molar-refractivity contribution in [2.75, 3.05) is 18.2 Å². The van der Waals surface area contributed by atoms with Crippen LogP contribution in [0.2, 0.25) is 0 Å². The van der Waals surface area contributed by atoms with Crippen molar-refractivity contribution in [1.29, 1.82) is 0 Å². The third-order valence-corrected chi connectivity index (χ3v) is 4.32. The van der Waals surface area contributed by atoms with Crippen molar-refractivity contribution < 1.29 is 17.6 Å². The van der Waals surface area contributed by atoms with E-state index in [0.29, 0.717) is 19.1 Å². The molecule has 0 aromatic rings. The topological polar surface area (TPSA) is 51.2 Å². The molecule has 1 unspecified atom stereocenters. The smallest absolute Gasteiger partial charge is 0.151 e. The van der Waals surface area contributed by atoms with Gasteiger partial charge in [-0.25, -0.2) is 8.42 Å². The number of sulfone groups is 1. The monoisotopic (exact) mass is 208 g/mol. The van der Waals surface area contributed by atoms with Gasteiger partial charge in [-0.15, -0.1) is 0 Å². The molecule has 1 aliphatic heterocycles. The second-order valence-electron chi connectivity index (χ2n) is 3.61. The highest BCUT2D eigenvalue weighted by Crippen LogP contribution is 2.34. The predicted octanol–water partition coefficient (Wildman–Crippen LogP) is 0.740. The van der Waals surface area contributed by atoms with Crippen molar-refractivity contribution in [2.45, 2.75) is 19.3 Å². The summed E-state index contributed by atoms with van der Waals surface area (Å²) in [7, 11) is -3.05. The molecule has 1 rings (SSSR count). The van der Waals surface area contributed by atoms with Gasteiger partial charge in [0.05, 0.1) is 18.2 Å². The van der Waals surface area contributed by atoms with E-state index in [4.69, 9.17) is 0 Å². The zero-order valence-corrected chi connectivity index (χ0v) is 8.15. The quantitative estimate of drug-likeness (QED) is 0.640. The van der Waals surface area contributed by atoms with E-state index in [9.17, 15) is 17.6 Å². The number of rotatable bonds is 4. The number of aldehydes is 1. The van der Waals surface area contributed by atoms with Crippen molar-refractivity contribution in [3.63, 3.8) is 0 Å². The molecule has 0 saturated carbocycles. The van der Waals surface area contributed by atoms with Crippen molar-refractivity contribution in [3.8, 4) is 0 Å². The fourth-order valence-corrected chi connectivity index (χ4v) is 3.80. The average Bonchev–Trinajstić information content (AvgIpc) is 2.40. The normalized spacial score (nSPS) is 31.8. The lowest BCUT2D eigenvalue weighted by molar-refractivity contribution is -0.115. The van der Waals surface area contributed by atoms with Crippen LogP contribution in [0.25, 0.3) is 0 Å². The summed E-state index contributed by atoms with van der Waals surface area (Å²) >= 11 is 0. The molecule has 1 saturated heterocycles. The second kappa shape index (κ2) is 3.74. The molecule has 1 aliphatic rings. The lowest BCUT2D eigenvalue weighted by Crippen LogP contribution is -2.24.